The molecule has 1 atom stereocenters. The van der Waals surface area contributed by atoms with Gasteiger partial charge in [-0.05, 0) is 13.8 Å². The summed E-state index contributed by atoms with van der Waals surface area (Å²) < 4.78 is 0. The number of thioether (sulfide) groups is 1. The van der Waals surface area contributed by atoms with E-state index in [-0.39, 0.29) is 18.1 Å². The van der Waals surface area contributed by atoms with E-state index in [9.17, 15) is 9.90 Å². The van der Waals surface area contributed by atoms with Gasteiger partial charge in [0.15, 0.2) is 5.78 Å². The third kappa shape index (κ3) is 3.80. The van der Waals surface area contributed by atoms with Crippen molar-refractivity contribution < 1.29 is 15.0 Å². The number of hydrogen-bond donors (Lipinski definition) is 2. The molecule has 0 aromatic carbocycles. The van der Waals surface area contributed by atoms with E-state index in [0.717, 1.165) is 31.9 Å². The maximum absolute atomic E-state index is 11.7. The zero-order valence-electron chi connectivity index (χ0n) is 14.6. The lowest BCUT2D eigenvalue weighted by Gasteiger charge is -2.35. The Bertz CT molecular complexity index is 688. The summed E-state index contributed by atoms with van der Waals surface area (Å²) in [4.78, 5) is 25.0. The van der Waals surface area contributed by atoms with E-state index in [4.69, 9.17) is 5.11 Å². The predicted molar refractivity (Wildman–Crippen MR) is 99.7 cm³/mol. The van der Waals surface area contributed by atoms with Gasteiger partial charge in [-0.3, -0.25) is 14.7 Å². The van der Waals surface area contributed by atoms with Crippen LogP contribution in [0.5, 0.6) is 5.75 Å². The minimum atomic E-state index is -0.726. The van der Waals surface area contributed by atoms with Gasteiger partial charge in [-0.25, -0.2) is 4.98 Å². The molecule has 2 aliphatic heterocycles. The number of piperazine rings is 1. The van der Waals surface area contributed by atoms with Gasteiger partial charge in [-0.2, -0.15) is 0 Å². The number of rotatable bonds is 5. The molecule has 3 heterocycles. The molecule has 1 aromatic heterocycles. The van der Waals surface area contributed by atoms with E-state index >= 15 is 0 Å². The van der Waals surface area contributed by atoms with E-state index in [1.807, 2.05) is 6.92 Å². The Balaban J connectivity index is 1.73. The Kier molecular flexibility index (Phi) is 5.31. The van der Waals surface area contributed by atoms with Gasteiger partial charge < -0.3 is 15.1 Å². The lowest BCUT2D eigenvalue weighted by atomic mass is 10.0. The second kappa shape index (κ2) is 7.31. The number of carbonyl (C=O) groups is 1. The second-order valence-electron chi connectivity index (χ2n) is 6.65. The lowest BCUT2D eigenvalue weighted by Crippen LogP contribution is -2.47. The van der Waals surface area contributed by atoms with Crippen LogP contribution in [0.25, 0.3) is 0 Å². The first-order valence-electron chi connectivity index (χ1n) is 8.44. The molecular weight excluding hydrogens is 340 g/mol. The number of aromatic nitrogens is 1. The average Bonchev–Trinajstić information content (AvgIpc) is 2.99. The fraction of sp³-hybridized carbons (Fsp3) is 0.588. The number of β-amino-alcohol motifs (C(OH)–C–C–N with tert-alkyl or cyclic N) is 1. The van der Waals surface area contributed by atoms with Crippen LogP contribution < -0.4 is 4.90 Å². The van der Waals surface area contributed by atoms with Gasteiger partial charge in [0, 0.05) is 44.5 Å². The molecule has 0 unspecified atom stereocenters. The summed E-state index contributed by atoms with van der Waals surface area (Å²) >= 11 is 1.45. The van der Waals surface area contributed by atoms with Crippen molar-refractivity contribution in [1.82, 2.24) is 9.88 Å². The number of hydrogen-bond acceptors (Lipinski definition) is 8. The summed E-state index contributed by atoms with van der Waals surface area (Å²) in [6.07, 6.45) is 1.75. The van der Waals surface area contributed by atoms with Gasteiger partial charge in [-0.15, -0.1) is 11.8 Å². The number of aliphatic imine (C=N–C) groups is 1. The van der Waals surface area contributed by atoms with Gasteiger partial charge in [0.2, 0.25) is 0 Å². The lowest BCUT2D eigenvalue weighted by molar-refractivity contribution is -0.120. The quantitative estimate of drug-likeness (QED) is 0.797. The van der Waals surface area contributed by atoms with E-state index in [0.29, 0.717) is 23.0 Å². The highest BCUT2D eigenvalue weighted by Crippen LogP contribution is 2.34. The number of aliphatic hydroxyl groups excluding tert-OH is 1. The summed E-state index contributed by atoms with van der Waals surface area (Å²) in [5.74, 6) is 0.689. The number of aliphatic hydroxyl groups is 1. The second-order valence-corrected chi connectivity index (χ2v) is 7.61. The van der Waals surface area contributed by atoms with Crippen LogP contribution in [0.1, 0.15) is 19.5 Å². The summed E-state index contributed by atoms with van der Waals surface area (Å²) in [5.41, 5.74) is 0.594. The Morgan fingerprint density at radius 3 is 2.64 bits per heavy atom. The van der Waals surface area contributed by atoms with Crippen LogP contribution in [0, 0.1) is 0 Å². The zero-order valence-corrected chi connectivity index (χ0v) is 15.4. The highest BCUT2D eigenvalue weighted by molar-refractivity contribution is 8.14. The fourth-order valence-electron chi connectivity index (χ4n) is 2.95. The molecule has 0 aliphatic carbocycles. The van der Waals surface area contributed by atoms with Crippen LogP contribution in [0.2, 0.25) is 0 Å². The molecule has 2 N–H and O–H groups in total. The first-order valence-corrected chi connectivity index (χ1v) is 9.43. The molecule has 136 valence electrons. The smallest absolute Gasteiger partial charge is 0.157 e. The largest absolute Gasteiger partial charge is 0.506 e. The van der Waals surface area contributed by atoms with E-state index in [1.54, 1.807) is 19.2 Å². The van der Waals surface area contributed by atoms with E-state index in [1.165, 1.54) is 11.8 Å². The maximum atomic E-state index is 11.7. The van der Waals surface area contributed by atoms with Gasteiger partial charge in [0.1, 0.15) is 22.0 Å². The molecule has 0 amide bonds. The molecule has 1 aromatic rings. The van der Waals surface area contributed by atoms with Crippen molar-refractivity contribution in [1.29, 1.82) is 0 Å². The molecule has 7 nitrogen and oxygen atoms in total. The molecule has 2 aliphatic rings. The van der Waals surface area contributed by atoms with Gasteiger partial charge >= 0.3 is 0 Å². The van der Waals surface area contributed by atoms with Crippen LogP contribution >= 0.6 is 11.8 Å². The first kappa shape index (κ1) is 18.2. The topological polar surface area (TPSA) is 89.3 Å². The normalized spacial score (nSPS) is 24.4. The number of carbonyl (C=O) groups excluding carboxylic acids is 1. The molecule has 0 spiro atoms. The Morgan fingerprint density at radius 2 is 2.08 bits per heavy atom. The van der Waals surface area contributed by atoms with Crippen molar-refractivity contribution in [3.05, 3.63) is 18.0 Å². The molecule has 0 radical (unpaired) electrons. The zero-order chi connectivity index (χ0) is 18.0. The first-order chi connectivity index (χ1) is 11.9. The van der Waals surface area contributed by atoms with Crippen LogP contribution in [-0.4, -0.2) is 81.5 Å². The van der Waals surface area contributed by atoms with Crippen LogP contribution in [0.15, 0.2) is 17.3 Å². The number of nitrogens with zero attached hydrogens (tertiary/aromatic N) is 4. The van der Waals surface area contributed by atoms with Crippen molar-refractivity contribution >= 4 is 28.3 Å². The van der Waals surface area contributed by atoms with Crippen molar-refractivity contribution in [3.8, 4) is 5.75 Å². The molecule has 0 saturated carbocycles. The van der Waals surface area contributed by atoms with Crippen molar-refractivity contribution in [2.45, 2.75) is 19.4 Å². The standard InChI is InChI=1S/C17H24N4O3S/c1-12(23)17(2)11-25-16(19-17)15-14(24)9-13(10-18-15)21-5-3-20(4-6-21)7-8-22/h9-10,22,24H,3-8,11H2,1-2H3/t17-/m1/s1. The highest BCUT2D eigenvalue weighted by atomic mass is 32.2. The SMILES string of the molecule is CC(=O)[C@@]1(C)CSC(c2ncc(N3CCN(CCO)CC3)cc2O)=N1. The molecule has 0 bridgehead atoms. The monoisotopic (exact) mass is 364 g/mol. The van der Waals surface area contributed by atoms with Crippen LogP contribution in [-0.2, 0) is 4.79 Å². The van der Waals surface area contributed by atoms with Crippen molar-refractivity contribution in [3.63, 3.8) is 0 Å². The van der Waals surface area contributed by atoms with Gasteiger partial charge in [-0.1, -0.05) is 0 Å². The summed E-state index contributed by atoms with van der Waals surface area (Å²) in [6, 6.07) is 1.72. The van der Waals surface area contributed by atoms with E-state index in [2.05, 4.69) is 19.8 Å². The molecule has 25 heavy (non-hydrogen) atoms. The minimum Gasteiger partial charge on any atom is -0.506 e. The predicted octanol–water partition coefficient (Wildman–Crippen LogP) is 0.743. The molecule has 3 rings (SSSR count). The number of Topliss-reactive ketones (excluding diaryl/α,β-unsaturated/α-hetero) is 1. The third-order valence-corrected chi connectivity index (χ3v) is 6.07. The third-order valence-electron chi connectivity index (χ3n) is 4.81. The highest BCUT2D eigenvalue weighted by Gasteiger charge is 2.36. The summed E-state index contributed by atoms with van der Waals surface area (Å²) in [5, 5.41) is 20.0. The minimum absolute atomic E-state index is 0.0202. The van der Waals surface area contributed by atoms with E-state index < -0.39 is 5.54 Å². The number of pyridine rings is 1. The molecule has 1 fully saturated rings. The number of aromatic hydroxyl groups is 1. The van der Waals surface area contributed by atoms with Crippen molar-refractivity contribution in [2.24, 2.45) is 4.99 Å². The number of anilines is 1. The molecular formula is C17H24N4O3S. The van der Waals surface area contributed by atoms with Gasteiger partial charge in [0.05, 0.1) is 18.5 Å². The van der Waals surface area contributed by atoms with Gasteiger partial charge in [0.25, 0.3) is 0 Å². The average molecular weight is 364 g/mol. The molecule has 1 saturated heterocycles. The Labute approximate surface area is 151 Å². The number of ketones is 1. The summed E-state index contributed by atoms with van der Waals surface area (Å²) in [6.45, 7) is 7.65. The molecule has 8 heteroatoms. The maximum Gasteiger partial charge on any atom is 0.157 e. The summed E-state index contributed by atoms with van der Waals surface area (Å²) in [7, 11) is 0. The van der Waals surface area contributed by atoms with Crippen molar-refractivity contribution in [2.75, 3.05) is 50.0 Å². The van der Waals surface area contributed by atoms with Crippen LogP contribution in [0.4, 0.5) is 5.69 Å². The Hall–Kier alpha value is -1.64. The van der Waals surface area contributed by atoms with Crippen LogP contribution in [0.3, 0.4) is 0 Å². The Morgan fingerprint density at radius 1 is 1.36 bits per heavy atom. The fourth-order valence-corrected chi connectivity index (χ4v) is 4.20.